The Morgan fingerprint density at radius 3 is 3.23 bits per heavy atom. The van der Waals surface area contributed by atoms with Gasteiger partial charge in [0.2, 0.25) is 0 Å². The topological polar surface area (TPSA) is 71.1 Å². The number of nitrogens with two attached hydrogens (primary N) is 1. The van der Waals surface area contributed by atoms with Crippen LogP contribution in [0.2, 0.25) is 0 Å². The molecule has 0 unspecified atom stereocenters. The molecule has 0 aromatic heterocycles. The van der Waals surface area contributed by atoms with E-state index in [1.807, 2.05) is 11.1 Å². The highest BCUT2D eigenvalue weighted by molar-refractivity contribution is 6.45. The first-order valence-electron chi connectivity index (χ1n) is 3.80. The largest absolute Gasteiger partial charge is 0.364 e. The van der Waals surface area contributed by atoms with E-state index in [-0.39, 0.29) is 0 Å². The summed E-state index contributed by atoms with van der Waals surface area (Å²) in [7, 11) is 0. The molecule has 0 aliphatic carbocycles. The van der Waals surface area contributed by atoms with Gasteiger partial charge in [-0.05, 0) is 6.08 Å². The van der Waals surface area contributed by atoms with Gasteiger partial charge in [0.1, 0.15) is 12.4 Å². The maximum atomic E-state index is 10.9. The number of allylic oxidation sites excluding steroid dienone is 1. The Kier molecular flexibility index (Phi) is 1.70. The fourth-order valence-corrected chi connectivity index (χ4v) is 1.21. The molecule has 2 rings (SSSR count). The Labute approximate surface area is 75.0 Å². The summed E-state index contributed by atoms with van der Waals surface area (Å²) < 4.78 is 0. The third-order valence-electron chi connectivity index (χ3n) is 1.80. The van der Waals surface area contributed by atoms with Crippen LogP contribution in [-0.2, 0) is 4.79 Å². The Bertz CT molecular complexity index is 364. The Morgan fingerprint density at radius 1 is 1.62 bits per heavy atom. The van der Waals surface area contributed by atoms with E-state index >= 15 is 0 Å². The molecular weight excluding hydrogens is 168 g/mol. The molecule has 5 heteroatoms. The predicted octanol–water partition coefficient (Wildman–Crippen LogP) is -0.375. The molecule has 0 spiro atoms. The number of rotatable bonds is 1. The first kappa shape index (κ1) is 7.72. The first-order valence-corrected chi connectivity index (χ1v) is 3.80. The second kappa shape index (κ2) is 2.85. The molecule has 0 saturated carbocycles. The summed E-state index contributed by atoms with van der Waals surface area (Å²) >= 11 is 0. The van der Waals surface area contributed by atoms with Gasteiger partial charge in [-0.25, -0.2) is 0 Å². The van der Waals surface area contributed by atoms with Crippen molar-refractivity contribution in [2.75, 3.05) is 6.67 Å². The van der Waals surface area contributed by atoms with Gasteiger partial charge in [-0.15, -0.1) is 0 Å². The van der Waals surface area contributed by atoms with Crippen molar-refractivity contribution in [2.45, 2.75) is 0 Å². The molecule has 66 valence electrons. The van der Waals surface area contributed by atoms with Crippen molar-refractivity contribution in [2.24, 2.45) is 15.7 Å². The van der Waals surface area contributed by atoms with E-state index in [1.165, 1.54) is 0 Å². The van der Waals surface area contributed by atoms with E-state index in [9.17, 15) is 4.79 Å². The van der Waals surface area contributed by atoms with Crippen LogP contribution in [-0.4, -0.2) is 29.4 Å². The van der Waals surface area contributed by atoms with Gasteiger partial charge in [0.25, 0.3) is 5.91 Å². The van der Waals surface area contributed by atoms with Crippen LogP contribution < -0.4 is 5.73 Å². The Hall–Kier alpha value is -1.91. The molecule has 0 saturated heterocycles. The van der Waals surface area contributed by atoms with Gasteiger partial charge in [0, 0.05) is 12.4 Å². The zero-order chi connectivity index (χ0) is 9.26. The van der Waals surface area contributed by atoms with Gasteiger partial charge < -0.3 is 10.6 Å². The van der Waals surface area contributed by atoms with Crippen molar-refractivity contribution in [1.29, 1.82) is 0 Å². The standard InChI is InChI=1S/C8H8N4O/c9-8(13)7-6-4-10-2-1-3-12(6)5-11-7/h1-4H,5H2,(H2,9,13). The lowest BCUT2D eigenvalue weighted by Crippen LogP contribution is -2.26. The summed E-state index contributed by atoms with van der Waals surface area (Å²) in [5, 5.41) is 0. The summed E-state index contributed by atoms with van der Waals surface area (Å²) in [5.74, 6) is -0.515. The summed E-state index contributed by atoms with van der Waals surface area (Å²) in [6.45, 7) is 0.434. The highest BCUT2D eigenvalue weighted by atomic mass is 16.1. The van der Waals surface area contributed by atoms with Gasteiger partial charge in [-0.3, -0.25) is 14.8 Å². The van der Waals surface area contributed by atoms with Crippen molar-refractivity contribution in [3.05, 3.63) is 24.2 Å². The van der Waals surface area contributed by atoms with Crippen LogP contribution in [0.1, 0.15) is 0 Å². The van der Waals surface area contributed by atoms with Gasteiger partial charge in [0.15, 0.2) is 0 Å². The number of carbonyl (C=O) groups excluding carboxylic acids is 1. The number of carbonyl (C=O) groups is 1. The second-order valence-electron chi connectivity index (χ2n) is 2.64. The molecule has 0 fully saturated rings. The minimum atomic E-state index is -0.515. The van der Waals surface area contributed by atoms with Crippen LogP contribution in [0.5, 0.6) is 0 Å². The molecule has 0 atom stereocenters. The normalized spacial score (nSPS) is 19.2. The zero-order valence-corrected chi connectivity index (χ0v) is 6.84. The van der Waals surface area contributed by atoms with Gasteiger partial charge >= 0.3 is 0 Å². The fraction of sp³-hybridized carbons (Fsp3) is 0.125. The summed E-state index contributed by atoms with van der Waals surface area (Å²) in [4.78, 5) is 20.7. The number of fused-ring (bicyclic) bond motifs is 1. The third kappa shape index (κ3) is 1.24. The quantitative estimate of drug-likeness (QED) is 0.591. The molecule has 13 heavy (non-hydrogen) atoms. The van der Waals surface area contributed by atoms with Gasteiger partial charge in [-0.2, -0.15) is 0 Å². The Morgan fingerprint density at radius 2 is 2.46 bits per heavy atom. The van der Waals surface area contributed by atoms with Crippen LogP contribution in [0.3, 0.4) is 0 Å². The van der Waals surface area contributed by atoms with Crippen molar-refractivity contribution in [1.82, 2.24) is 4.90 Å². The molecule has 0 aromatic carbocycles. The number of aliphatic imine (C=N–C) groups is 2. The number of amides is 1. The van der Waals surface area contributed by atoms with E-state index < -0.39 is 5.91 Å². The SMILES string of the molecule is NC(=O)C1=NCN2C=CC=NC=C12. The monoisotopic (exact) mass is 176 g/mol. The molecule has 2 aliphatic rings. The average Bonchev–Trinajstić information content (AvgIpc) is 2.36. The maximum absolute atomic E-state index is 10.9. The minimum Gasteiger partial charge on any atom is -0.364 e. The molecule has 5 nitrogen and oxygen atoms in total. The highest BCUT2D eigenvalue weighted by Crippen LogP contribution is 2.16. The predicted molar refractivity (Wildman–Crippen MR) is 49.1 cm³/mol. The molecule has 2 heterocycles. The molecule has 0 aromatic rings. The Balaban J connectivity index is 2.37. The minimum absolute atomic E-state index is 0.295. The lowest BCUT2D eigenvalue weighted by Gasteiger charge is -2.11. The van der Waals surface area contributed by atoms with Crippen LogP contribution in [0, 0.1) is 0 Å². The molecular formula is C8H8N4O. The molecule has 2 aliphatic heterocycles. The van der Waals surface area contributed by atoms with Crippen LogP contribution >= 0.6 is 0 Å². The van der Waals surface area contributed by atoms with Crippen molar-refractivity contribution in [3.63, 3.8) is 0 Å². The van der Waals surface area contributed by atoms with Crippen molar-refractivity contribution in [3.8, 4) is 0 Å². The maximum Gasteiger partial charge on any atom is 0.269 e. The van der Waals surface area contributed by atoms with E-state index in [1.54, 1.807) is 18.5 Å². The first-order chi connectivity index (χ1) is 6.29. The lowest BCUT2D eigenvalue weighted by molar-refractivity contribution is -0.111. The average molecular weight is 176 g/mol. The zero-order valence-electron chi connectivity index (χ0n) is 6.84. The van der Waals surface area contributed by atoms with E-state index in [0.29, 0.717) is 18.1 Å². The van der Waals surface area contributed by atoms with Crippen LogP contribution in [0.25, 0.3) is 0 Å². The molecule has 0 radical (unpaired) electrons. The number of primary amides is 1. The van der Waals surface area contributed by atoms with E-state index in [4.69, 9.17) is 5.73 Å². The van der Waals surface area contributed by atoms with Crippen LogP contribution in [0.4, 0.5) is 0 Å². The summed E-state index contributed by atoms with van der Waals surface area (Å²) in [5.41, 5.74) is 6.10. The number of hydrogen-bond donors (Lipinski definition) is 1. The van der Waals surface area contributed by atoms with E-state index in [2.05, 4.69) is 9.98 Å². The van der Waals surface area contributed by atoms with Crippen molar-refractivity contribution >= 4 is 17.8 Å². The number of nitrogens with zero attached hydrogens (tertiary/aromatic N) is 3. The van der Waals surface area contributed by atoms with E-state index in [0.717, 1.165) is 0 Å². The summed E-state index contributed by atoms with van der Waals surface area (Å²) in [6.07, 6.45) is 6.81. The van der Waals surface area contributed by atoms with Crippen molar-refractivity contribution < 1.29 is 4.79 Å². The molecule has 0 bridgehead atoms. The third-order valence-corrected chi connectivity index (χ3v) is 1.80. The highest BCUT2D eigenvalue weighted by Gasteiger charge is 2.24. The fourth-order valence-electron chi connectivity index (χ4n) is 1.21. The summed E-state index contributed by atoms with van der Waals surface area (Å²) in [6, 6.07) is 0. The molecule has 2 N–H and O–H groups in total. The van der Waals surface area contributed by atoms with Gasteiger partial charge in [-0.1, -0.05) is 0 Å². The lowest BCUT2D eigenvalue weighted by atomic mass is 10.3. The smallest absolute Gasteiger partial charge is 0.269 e. The second-order valence-corrected chi connectivity index (χ2v) is 2.64. The van der Waals surface area contributed by atoms with Gasteiger partial charge in [0.05, 0.1) is 11.9 Å². The number of hydrogen-bond acceptors (Lipinski definition) is 4. The van der Waals surface area contributed by atoms with Crippen LogP contribution in [0.15, 0.2) is 34.2 Å². The molecule has 1 amide bonds.